The first-order chi connectivity index (χ1) is 7.49. The van der Waals surface area contributed by atoms with Crippen LogP contribution in [0.3, 0.4) is 0 Å². The lowest BCUT2D eigenvalue weighted by Crippen LogP contribution is -2.00. The van der Waals surface area contributed by atoms with Gasteiger partial charge in [-0.3, -0.25) is 4.40 Å². The number of anilines is 1. The lowest BCUT2D eigenvalue weighted by molar-refractivity contribution is 0.639. The van der Waals surface area contributed by atoms with E-state index in [9.17, 15) is 0 Å². The van der Waals surface area contributed by atoms with Crippen molar-refractivity contribution >= 4 is 27.4 Å². The van der Waals surface area contributed by atoms with Gasteiger partial charge in [0.15, 0.2) is 0 Å². The number of imidazole rings is 1. The summed E-state index contributed by atoms with van der Waals surface area (Å²) in [6.45, 7) is 6.40. The summed E-state index contributed by atoms with van der Waals surface area (Å²) in [7, 11) is 0. The van der Waals surface area contributed by atoms with Crippen LogP contribution in [0.25, 0.3) is 5.65 Å². The first-order valence-electron chi connectivity index (χ1n) is 5.41. The number of rotatable bonds is 2. The molecule has 0 fully saturated rings. The van der Waals surface area contributed by atoms with E-state index in [1.807, 2.05) is 16.7 Å². The SMILES string of the molecule is Cc1cc2nc(CC(C)C)c(N)n2cc1Br. The van der Waals surface area contributed by atoms with Gasteiger partial charge < -0.3 is 5.73 Å². The van der Waals surface area contributed by atoms with Crippen LogP contribution in [0.2, 0.25) is 0 Å². The van der Waals surface area contributed by atoms with Crippen molar-refractivity contribution in [2.24, 2.45) is 5.92 Å². The lowest BCUT2D eigenvalue weighted by atomic mass is 10.1. The van der Waals surface area contributed by atoms with Gasteiger partial charge in [-0.15, -0.1) is 0 Å². The van der Waals surface area contributed by atoms with E-state index < -0.39 is 0 Å². The molecule has 0 atom stereocenters. The number of aryl methyl sites for hydroxylation is 1. The average molecular weight is 282 g/mol. The van der Waals surface area contributed by atoms with Crippen molar-refractivity contribution < 1.29 is 0 Å². The first-order valence-corrected chi connectivity index (χ1v) is 6.21. The number of aromatic nitrogens is 2. The van der Waals surface area contributed by atoms with E-state index in [-0.39, 0.29) is 0 Å². The van der Waals surface area contributed by atoms with Gasteiger partial charge in [0.1, 0.15) is 11.5 Å². The van der Waals surface area contributed by atoms with Gasteiger partial charge in [-0.05, 0) is 46.8 Å². The fourth-order valence-electron chi connectivity index (χ4n) is 1.76. The Hall–Kier alpha value is -1.03. The molecule has 2 aromatic heterocycles. The van der Waals surface area contributed by atoms with E-state index in [1.165, 1.54) is 5.56 Å². The van der Waals surface area contributed by atoms with Gasteiger partial charge in [0.2, 0.25) is 0 Å². The summed E-state index contributed by atoms with van der Waals surface area (Å²) in [4.78, 5) is 4.57. The van der Waals surface area contributed by atoms with Crippen LogP contribution in [-0.4, -0.2) is 9.38 Å². The molecule has 0 aliphatic carbocycles. The van der Waals surface area contributed by atoms with Crippen LogP contribution in [0.4, 0.5) is 5.82 Å². The fourth-order valence-corrected chi connectivity index (χ4v) is 2.08. The Morgan fingerprint density at radius 3 is 2.81 bits per heavy atom. The number of nitrogens with zero attached hydrogens (tertiary/aromatic N) is 2. The molecule has 0 aliphatic rings. The van der Waals surface area contributed by atoms with Gasteiger partial charge in [0.25, 0.3) is 0 Å². The molecule has 0 aromatic carbocycles. The number of pyridine rings is 1. The van der Waals surface area contributed by atoms with Crippen LogP contribution >= 0.6 is 15.9 Å². The summed E-state index contributed by atoms with van der Waals surface area (Å²) >= 11 is 3.51. The molecule has 0 amide bonds. The van der Waals surface area contributed by atoms with Gasteiger partial charge in [0, 0.05) is 10.7 Å². The summed E-state index contributed by atoms with van der Waals surface area (Å²) in [6, 6.07) is 2.05. The van der Waals surface area contributed by atoms with Gasteiger partial charge in [-0.2, -0.15) is 0 Å². The standard InChI is InChI=1S/C12H16BrN3/c1-7(2)4-10-12(14)16-6-9(13)8(3)5-11(16)15-10/h5-7H,4,14H2,1-3H3. The Morgan fingerprint density at radius 1 is 1.50 bits per heavy atom. The van der Waals surface area contributed by atoms with Crippen molar-refractivity contribution in [3.63, 3.8) is 0 Å². The quantitative estimate of drug-likeness (QED) is 0.919. The molecule has 0 saturated heterocycles. The minimum Gasteiger partial charge on any atom is -0.383 e. The average Bonchev–Trinajstić information content (AvgIpc) is 2.45. The molecular weight excluding hydrogens is 266 g/mol. The zero-order chi connectivity index (χ0) is 11.9. The highest BCUT2D eigenvalue weighted by Crippen LogP contribution is 2.23. The Morgan fingerprint density at radius 2 is 2.19 bits per heavy atom. The summed E-state index contributed by atoms with van der Waals surface area (Å²) < 4.78 is 3.00. The second-order valence-electron chi connectivity index (χ2n) is 4.57. The second-order valence-corrected chi connectivity index (χ2v) is 5.43. The smallest absolute Gasteiger partial charge is 0.139 e. The molecule has 0 aliphatic heterocycles. The molecular formula is C12H16BrN3. The molecule has 0 saturated carbocycles. The summed E-state index contributed by atoms with van der Waals surface area (Å²) in [5.41, 5.74) is 9.18. The van der Waals surface area contributed by atoms with E-state index >= 15 is 0 Å². The fraction of sp³-hybridized carbons (Fsp3) is 0.417. The largest absolute Gasteiger partial charge is 0.383 e. The molecule has 0 spiro atoms. The number of halogens is 1. The van der Waals surface area contributed by atoms with Crippen LogP contribution < -0.4 is 5.73 Å². The number of hydrogen-bond donors (Lipinski definition) is 1. The zero-order valence-corrected chi connectivity index (χ0v) is 11.4. The van der Waals surface area contributed by atoms with Gasteiger partial charge in [0.05, 0.1) is 5.69 Å². The maximum Gasteiger partial charge on any atom is 0.139 e. The van der Waals surface area contributed by atoms with E-state index in [1.54, 1.807) is 0 Å². The number of nitrogens with two attached hydrogens (primary N) is 1. The molecule has 0 bridgehead atoms. The third-order valence-corrected chi connectivity index (χ3v) is 3.45. The van der Waals surface area contributed by atoms with Crippen molar-refractivity contribution in [3.8, 4) is 0 Å². The van der Waals surface area contributed by atoms with Crippen molar-refractivity contribution in [1.82, 2.24) is 9.38 Å². The highest BCUT2D eigenvalue weighted by atomic mass is 79.9. The molecule has 3 nitrogen and oxygen atoms in total. The van der Waals surface area contributed by atoms with Gasteiger partial charge >= 0.3 is 0 Å². The highest BCUT2D eigenvalue weighted by molar-refractivity contribution is 9.10. The van der Waals surface area contributed by atoms with Crippen LogP contribution in [0, 0.1) is 12.8 Å². The summed E-state index contributed by atoms with van der Waals surface area (Å²) in [5, 5.41) is 0. The van der Waals surface area contributed by atoms with Crippen LogP contribution in [0.5, 0.6) is 0 Å². The first kappa shape index (κ1) is 11.5. The maximum absolute atomic E-state index is 6.09. The van der Waals surface area contributed by atoms with Gasteiger partial charge in [-0.25, -0.2) is 4.98 Å². The van der Waals surface area contributed by atoms with Crippen molar-refractivity contribution in [1.29, 1.82) is 0 Å². The Bertz CT molecular complexity index is 529. The monoisotopic (exact) mass is 281 g/mol. The van der Waals surface area contributed by atoms with Crippen molar-refractivity contribution in [3.05, 3.63) is 28.0 Å². The minimum absolute atomic E-state index is 0.566. The molecule has 2 aromatic rings. The number of fused-ring (bicyclic) bond motifs is 1. The van der Waals surface area contributed by atoms with Crippen LogP contribution in [-0.2, 0) is 6.42 Å². The topological polar surface area (TPSA) is 43.3 Å². The zero-order valence-electron chi connectivity index (χ0n) is 9.79. The van der Waals surface area contributed by atoms with E-state index in [4.69, 9.17) is 5.73 Å². The highest BCUT2D eigenvalue weighted by Gasteiger charge is 2.11. The van der Waals surface area contributed by atoms with Crippen LogP contribution in [0.15, 0.2) is 16.7 Å². The molecule has 2 heterocycles. The third-order valence-electron chi connectivity index (χ3n) is 2.62. The molecule has 2 N–H and O–H groups in total. The van der Waals surface area contributed by atoms with E-state index in [0.29, 0.717) is 5.92 Å². The third kappa shape index (κ3) is 1.94. The Kier molecular flexibility index (Phi) is 2.93. The van der Waals surface area contributed by atoms with Gasteiger partial charge in [-0.1, -0.05) is 13.8 Å². The Balaban J connectivity index is 2.59. The van der Waals surface area contributed by atoms with E-state index in [0.717, 1.165) is 28.1 Å². The van der Waals surface area contributed by atoms with Crippen molar-refractivity contribution in [2.75, 3.05) is 5.73 Å². The molecule has 0 radical (unpaired) electrons. The summed E-state index contributed by atoms with van der Waals surface area (Å²) in [6.07, 6.45) is 2.90. The minimum atomic E-state index is 0.566. The number of hydrogen-bond acceptors (Lipinski definition) is 2. The maximum atomic E-state index is 6.09. The molecule has 2 rings (SSSR count). The normalized spacial score (nSPS) is 11.6. The molecule has 86 valence electrons. The summed E-state index contributed by atoms with van der Waals surface area (Å²) in [5.74, 6) is 1.32. The molecule has 16 heavy (non-hydrogen) atoms. The Labute approximate surface area is 104 Å². The van der Waals surface area contributed by atoms with Crippen molar-refractivity contribution in [2.45, 2.75) is 27.2 Å². The van der Waals surface area contributed by atoms with Crippen LogP contribution in [0.1, 0.15) is 25.1 Å². The predicted octanol–water partition coefficient (Wildman–Crippen LogP) is 3.19. The molecule has 0 unspecified atom stereocenters. The lowest BCUT2D eigenvalue weighted by Gasteiger charge is -2.02. The predicted molar refractivity (Wildman–Crippen MR) is 70.6 cm³/mol. The van der Waals surface area contributed by atoms with E-state index in [2.05, 4.69) is 41.7 Å². The number of nitrogen functional groups attached to an aromatic ring is 1. The second kappa shape index (κ2) is 4.09. The molecule has 4 heteroatoms.